The Morgan fingerprint density at radius 2 is 1.81 bits per heavy atom. The summed E-state index contributed by atoms with van der Waals surface area (Å²) in [6.45, 7) is 6.17. The molecular formula is C19H24N4O3. The lowest BCUT2D eigenvalue weighted by Gasteiger charge is -2.31. The first kappa shape index (κ1) is 18.0. The maximum atomic E-state index is 12.5. The van der Waals surface area contributed by atoms with E-state index in [1.807, 2.05) is 6.92 Å². The highest BCUT2D eigenvalue weighted by Crippen LogP contribution is 2.46. The highest BCUT2D eigenvalue weighted by molar-refractivity contribution is 6.02. The van der Waals surface area contributed by atoms with E-state index in [0.717, 1.165) is 23.3 Å². The van der Waals surface area contributed by atoms with E-state index in [1.165, 1.54) is 0 Å². The Kier molecular flexibility index (Phi) is 4.05. The van der Waals surface area contributed by atoms with Crippen LogP contribution in [0.15, 0.2) is 29.5 Å². The fourth-order valence-electron chi connectivity index (χ4n) is 3.93. The number of amides is 3. The number of hydrogen-bond donors (Lipinski definition) is 4. The molecule has 0 saturated carbocycles. The molecule has 0 spiro atoms. The van der Waals surface area contributed by atoms with Crippen LogP contribution in [0, 0.1) is 5.41 Å². The van der Waals surface area contributed by atoms with Gasteiger partial charge in [-0.2, -0.15) is 0 Å². The van der Waals surface area contributed by atoms with Crippen LogP contribution in [0.25, 0.3) is 0 Å². The predicted molar refractivity (Wildman–Crippen MR) is 98.3 cm³/mol. The van der Waals surface area contributed by atoms with E-state index in [2.05, 4.69) is 24.5 Å². The number of carbonyl (C=O) groups is 3. The second kappa shape index (κ2) is 5.86. The van der Waals surface area contributed by atoms with Crippen molar-refractivity contribution in [2.24, 2.45) is 16.9 Å². The second-order valence-corrected chi connectivity index (χ2v) is 8.15. The zero-order valence-electron chi connectivity index (χ0n) is 15.2. The molecule has 7 nitrogen and oxygen atoms in total. The number of carbonyl (C=O) groups excluding carboxylic acids is 3. The number of rotatable bonds is 3. The first-order chi connectivity index (χ1) is 12.0. The Morgan fingerprint density at radius 3 is 2.42 bits per heavy atom. The third kappa shape index (κ3) is 3.16. The molecule has 1 aromatic rings. The Morgan fingerprint density at radius 1 is 1.12 bits per heavy atom. The van der Waals surface area contributed by atoms with Crippen LogP contribution in [0.2, 0.25) is 0 Å². The summed E-state index contributed by atoms with van der Waals surface area (Å²) >= 11 is 0. The number of nitrogens with one attached hydrogen (secondary N) is 2. The average molecular weight is 356 g/mol. The summed E-state index contributed by atoms with van der Waals surface area (Å²) in [4.78, 5) is 35.4. The third-order valence-corrected chi connectivity index (χ3v) is 5.13. The van der Waals surface area contributed by atoms with Crippen molar-refractivity contribution in [1.29, 1.82) is 0 Å². The van der Waals surface area contributed by atoms with Crippen LogP contribution in [0.5, 0.6) is 0 Å². The van der Waals surface area contributed by atoms with E-state index in [0.29, 0.717) is 12.8 Å². The van der Waals surface area contributed by atoms with Gasteiger partial charge in [-0.1, -0.05) is 19.9 Å². The predicted octanol–water partition coefficient (Wildman–Crippen LogP) is 2.13. The number of benzene rings is 1. The molecule has 26 heavy (non-hydrogen) atoms. The van der Waals surface area contributed by atoms with Gasteiger partial charge in [0.15, 0.2) is 5.78 Å². The van der Waals surface area contributed by atoms with E-state index in [4.69, 9.17) is 11.5 Å². The molecule has 0 radical (unpaired) electrons. The van der Waals surface area contributed by atoms with Crippen molar-refractivity contribution < 1.29 is 14.4 Å². The fourth-order valence-corrected chi connectivity index (χ4v) is 3.93. The number of urea groups is 1. The minimum Gasteiger partial charge on any atom is -0.378 e. The average Bonchev–Trinajstić information content (AvgIpc) is 2.83. The molecule has 2 aliphatic rings. The number of anilines is 1. The van der Waals surface area contributed by atoms with Crippen LogP contribution >= 0.6 is 0 Å². The van der Waals surface area contributed by atoms with Crippen molar-refractivity contribution in [3.8, 4) is 0 Å². The number of hydrogen-bond acceptors (Lipinski definition) is 4. The smallest absolute Gasteiger partial charge is 0.316 e. The SMILES string of the molecule is CC1(C)CC(=O)C2=C(C1)NC(C)(c1ccc(C(N)=O)c(NC(N)=O)c1)C2. The maximum Gasteiger partial charge on any atom is 0.316 e. The van der Waals surface area contributed by atoms with Gasteiger partial charge in [-0.05, 0) is 36.5 Å². The number of Topliss-reactive ketones (excluding diaryl/α,β-unsaturated/α-hetero) is 1. The van der Waals surface area contributed by atoms with Crippen LogP contribution in [0.1, 0.15) is 56.0 Å². The van der Waals surface area contributed by atoms with Crippen LogP contribution in [-0.2, 0) is 10.3 Å². The summed E-state index contributed by atoms with van der Waals surface area (Å²) in [6, 6.07) is 4.27. The molecule has 3 rings (SSSR count). The van der Waals surface area contributed by atoms with Gasteiger partial charge in [0.05, 0.1) is 16.8 Å². The van der Waals surface area contributed by atoms with E-state index in [1.54, 1.807) is 18.2 Å². The molecular weight excluding hydrogens is 332 g/mol. The molecule has 138 valence electrons. The van der Waals surface area contributed by atoms with Crippen LogP contribution in [-0.4, -0.2) is 17.7 Å². The highest BCUT2D eigenvalue weighted by Gasteiger charge is 2.43. The fraction of sp³-hybridized carbons (Fsp3) is 0.421. The van der Waals surface area contributed by atoms with Crippen molar-refractivity contribution >= 4 is 23.4 Å². The Labute approximate surface area is 152 Å². The Balaban J connectivity index is 1.96. The molecule has 1 unspecified atom stereocenters. The molecule has 0 aromatic heterocycles. The van der Waals surface area contributed by atoms with Gasteiger partial charge in [0, 0.05) is 24.1 Å². The number of primary amides is 2. The maximum absolute atomic E-state index is 12.5. The van der Waals surface area contributed by atoms with Gasteiger partial charge < -0.3 is 22.1 Å². The second-order valence-electron chi connectivity index (χ2n) is 8.15. The lowest BCUT2D eigenvalue weighted by Crippen LogP contribution is -2.35. The van der Waals surface area contributed by atoms with Crippen molar-refractivity contribution in [1.82, 2.24) is 5.32 Å². The summed E-state index contributed by atoms with van der Waals surface area (Å²) in [5.74, 6) is -0.476. The molecule has 1 aliphatic carbocycles. The Hall–Kier alpha value is -2.83. The number of nitrogens with two attached hydrogens (primary N) is 2. The van der Waals surface area contributed by atoms with Crippen molar-refractivity contribution in [2.75, 3.05) is 5.32 Å². The lowest BCUT2D eigenvalue weighted by atomic mass is 9.75. The summed E-state index contributed by atoms with van der Waals surface area (Å²) in [7, 11) is 0. The van der Waals surface area contributed by atoms with E-state index >= 15 is 0 Å². The quantitative estimate of drug-likeness (QED) is 0.661. The number of allylic oxidation sites excluding steroid dienone is 1. The molecule has 6 N–H and O–H groups in total. The Bertz CT molecular complexity index is 856. The topological polar surface area (TPSA) is 127 Å². The molecule has 3 amide bonds. The molecule has 0 fully saturated rings. The van der Waals surface area contributed by atoms with Crippen LogP contribution in [0.3, 0.4) is 0 Å². The van der Waals surface area contributed by atoms with E-state index in [-0.39, 0.29) is 22.4 Å². The lowest BCUT2D eigenvalue weighted by molar-refractivity contribution is -0.118. The molecule has 1 atom stereocenters. The third-order valence-electron chi connectivity index (χ3n) is 5.13. The van der Waals surface area contributed by atoms with Gasteiger partial charge in [-0.3, -0.25) is 9.59 Å². The molecule has 1 heterocycles. The largest absolute Gasteiger partial charge is 0.378 e. The summed E-state index contributed by atoms with van der Waals surface area (Å²) in [5.41, 5.74) is 13.1. The van der Waals surface area contributed by atoms with Gasteiger partial charge in [0.2, 0.25) is 0 Å². The van der Waals surface area contributed by atoms with Gasteiger partial charge in [-0.25, -0.2) is 4.79 Å². The normalized spacial score (nSPS) is 24.0. The van der Waals surface area contributed by atoms with Crippen molar-refractivity contribution in [3.05, 3.63) is 40.6 Å². The van der Waals surface area contributed by atoms with Crippen LogP contribution in [0.4, 0.5) is 10.5 Å². The summed E-state index contributed by atoms with van der Waals surface area (Å²) in [6.07, 6.45) is 1.91. The van der Waals surface area contributed by atoms with Gasteiger partial charge in [-0.15, -0.1) is 0 Å². The minimum absolute atomic E-state index is 0.0668. The zero-order valence-corrected chi connectivity index (χ0v) is 15.2. The molecule has 1 aliphatic heterocycles. The number of ketones is 1. The first-order valence-corrected chi connectivity index (χ1v) is 8.55. The van der Waals surface area contributed by atoms with Crippen LogP contribution < -0.4 is 22.1 Å². The van der Waals surface area contributed by atoms with Crippen molar-refractivity contribution in [2.45, 2.75) is 45.6 Å². The zero-order chi connectivity index (χ0) is 19.3. The van der Waals surface area contributed by atoms with E-state index < -0.39 is 17.5 Å². The minimum atomic E-state index is -0.775. The molecule has 1 aromatic carbocycles. The van der Waals surface area contributed by atoms with E-state index in [9.17, 15) is 14.4 Å². The monoisotopic (exact) mass is 356 g/mol. The first-order valence-electron chi connectivity index (χ1n) is 8.55. The standard InChI is InChI=1S/C19H24N4O3/c1-18(2)8-14-12(15(24)9-18)7-19(3,23-14)10-4-5-11(16(20)25)13(6-10)22-17(21)26/h4-6,23H,7-9H2,1-3H3,(H2,20,25)(H3,21,22,26). The molecule has 0 bridgehead atoms. The van der Waals surface area contributed by atoms with Gasteiger partial charge in [0.1, 0.15) is 0 Å². The summed E-state index contributed by atoms with van der Waals surface area (Å²) < 4.78 is 0. The molecule has 7 heteroatoms. The van der Waals surface area contributed by atoms with Gasteiger partial charge >= 0.3 is 6.03 Å². The van der Waals surface area contributed by atoms with Crippen molar-refractivity contribution in [3.63, 3.8) is 0 Å². The van der Waals surface area contributed by atoms with Gasteiger partial charge in [0.25, 0.3) is 5.91 Å². The summed E-state index contributed by atoms with van der Waals surface area (Å²) in [5, 5.41) is 5.95. The molecule has 0 saturated heterocycles. The highest BCUT2D eigenvalue weighted by atomic mass is 16.2.